The Morgan fingerprint density at radius 2 is 1.81 bits per heavy atom. The third kappa shape index (κ3) is 3.90. The first-order chi connectivity index (χ1) is 13.1. The lowest BCUT2D eigenvalue weighted by atomic mass is 10.00. The van der Waals surface area contributed by atoms with Crippen molar-refractivity contribution in [3.05, 3.63) is 47.5 Å². The number of benzene rings is 2. The maximum atomic E-state index is 12.3. The minimum absolute atomic E-state index is 0.0635. The quantitative estimate of drug-likeness (QED) is 0.607. The number of hydrogen-bond acceptors (Lipinski definition) is 2. The molecule has 1 heterocycles. The molecule has 2 N–H and O–H groups in total. The third-order valence-corrected chi connectivity index (χ3v) is 5.92. The van der Waals surface area contributed by atoms with Crippen molar-refractivity contribution in [2.75, 3.05) is 5.32 Å². The molecule has 1 saturated carbocycles. The number of nitrogens with zero attached hydrogens (tertiary/aromatic N) is 1. The number of aromatic amines is 1. The monoisotopic (exact) mass is 361 g/mol. The Kier molecular flexibility index (Phi) is 4.97. The molecule has 0 unspecified atom stereocenters. The largest absolute Gasteiger partial charge is 0.309 e. The van der Waals surface area contributed by atoms with E-state index >= 15 is 0 Å². The van der Waals surface area contributed by atoms with E-state index in [1.54, 1.807) is 0 Å². The van der Waals surface area contributed by atoms with Gasteiger partial charge in [-0.3, -0.25) is 9.89 Å². The van der Waals surface area contributed by atoms with Crippen LogP contribution in [0, 0.1) is 19.8 Å². The molecule has 140 valence electrons. The van der Waals surface area contributed by atoms with Crippen molar-refractivity contribution in [3.8, 4) is 11.1 Å². The summed E-state index contributed by atoms with van der Waals surface area (Å²) in [5.74, 6) is 1.42. The summed E-state index contributed by atoms with van der Waals surface area (Å²) >= 11 is 0. The second-order valence-electron chi connectivity index (χ2n) is 7.87. The SMILES string of the molecule is Cc1ccc(-c2ccc3c(NC(=O)CCC4CCCC4)n[nH]c3c2)cc1C. The predicted molar refractivity (Wildman–Crippen MR) is 111 cm³/mol. The zero-order chi connectivity index (χ0) is 18.8. The number of anilines is 1. The van der Waals surface area contributed by atoms with Crippen molar-refractivity contribution in [1.82, 2.24) is 10.2 Å². The normalized spacial score (nSPS) is 14.7. The van der Waals surface area contributed by atoms with Gasteiger partial charge in [-0.25, -0.2) is 0 Å². The predicted octanol–water partition coefficient (Wildman–Crippen LogP) is 5.76. The zero-order valence-corrected chi connectivity index (χ0v) is 16.1. The van der Waals surface area contributed by atoms with E-state index in [0.717, 1.165) is 28.8 Å². The van der Waals surface area contributed by atoms with E-state index in [-0.39, 0.29) is 5.91 Å². The van der Waals surface area contributed by atoms with Gasteiger partial charge in [0.05, 0.1) is 5.52 Å². The molecule has 4 rings (SSSR count). The van der Waals surface area contributed by atoms with Crippen LogP contribution in [0.4, 0.5) is 5.82 Å². The Balaban J connectivity index is 1.48. The molecular formula is C23H27N3O. The number of carbonyl (C=O) groups excluding carboxylic acids is 1. The number of H-pyrrole nitrogens is 1. The van der Waals surface area contributed by atoms with E-state index in [9.17, 15) is 4.79 Å². The van der Waals surface area contributed by atoms with Crippen LogP contribution in [0.25, 0.3) is 22.0 Å². The Morgan fingerprint density at radius 3 is 2.59 bits per heavy atom. The van der Waals surface area contributed by atoms with Gasteiger partial charge in [-0.15, -0.1) is 0 Å². The number of hydrogen-bond donors (Lipinski definition) is 2. The minimum Gasteiger partial charge on any atom is -0.309 e. The van der Waals surface area contributed by atoms with Gasteiger partial charge in [0.2, 0.25) is 5.91 Å². The van der Waals surface area contributed by atoms with Crippen LogP contribution in [-0.4, -0.2) is 16.1 Å². The molecule has 4 nitrogen and oxygen atoms in total. The topological polar surface area (TPSA) is 57.8 Å². The highest BCUT2D eigenvalue weighted by Gasteiger charge is 2.17. The summed E-state index contributed by atoms with van der Waals surface area (Å²) < 4.78 is 0. The molecule has 27 heavy (non-hydrogen) atoms. The van der Waals surface area contributed by atoms with E-state index in [1.807, 2.05) is 6.07 Å². The summed E-state index contributed by atoms with van der Waals surface area (Å²) in [6.07, 6.45) is 6.77. The summed E-state index contributed by atoms with van der Waals surface area (Å²) in [4.78, 5) is 12.3. The Bertz CT molecular complexity index is 967. The first-order valence-electron chi connectivity index (χ1n) is 9.96. The lowest BCUT2D eigenvalue weighted by molar-refractivity contribution is -0.116. The van der Waals surface area contributed by atoms with Crippen molar-refractivity contribution < 1.29 is 4.79 Å². The first-order valence-corrected chi connectivity index (χ1v) is 9.96. The average Bonchev–Trinajstić information content (AvgIpc) is 3.32. The van der Waals surface area contributed by atoms with Crippen molar-refractivity contribution in [3.63, 3.8) is 0 Å². The van der Waals surface area contributed by atoms with Gasteiger partial charge in [-0.1, -0.05) is 49.9 Å². The van der Waals surface area contributed by atoms with Crippen LogP contribution in [0.2, 0.25) is 0 Å². The van der Waals surface area contributed by atoms with Gasteiger partial charge < -0.3 is 5.32 Å². The molecule has 1 amide bonds. The molecule has 0 saturated heterocycles. The Labute approximate surface area is 160 Å². The van der Waals surface area contributed by atoms with Crippen LogP contribution in [-0.2, 0) is 4.79 Å². The highest BCUT2D eigenvalue weighted by atomic mass is 16.1. The molecule has 4 heteroatoms. The number of amides is 1. The number of nitrogens with one attached hydrogen (secondary N) is 2. The molecule has 1 aliphatic rings. The lowest BCUT2D eigenvalue weighted by Gasteiger charge is -2.08. The summed E-state index contributed by atoms with van der Waals surface area (Å²) in [5, 5.41) is 11.3. The number of carbonyl (C=O) groups is 1. The maximum Gasteiger partial charge on any atom is 0.225 e. The van der Waals surface area contributed by atoms with E-state index < -0.39 is 0 Å². The molecule has 3 aromatic rings. The molecule has 0 atom stereocenters. The molecular weight excluding hydrogens is 334 g/mol. The van der Waals surface area contributed by atoms with Gasteiger partial charge >= 0.3 is 0 Å². The highest BCUT2D eigenvalue weighted by Crippen LogP contribution is 2.30. The van der Waals surface area contributed by atoms with Crippen molar-refractivity contribution >= 4 is 22.6 Å². The van der Waals surface area contributed by atoms with Gasteiger partial charge in [0.1, 0.15) is 0 Å². The number of rotatable bonds is 5. The fourth-order valence-corrected chi connectivity index (χ4v) is 4.04. The molecule has 2 aromatic carbocycles. The van der Waals surface area contributed by atoms with Gasteiger partial charge in [-0.05, 0) is 60.6 Å². The summed E-state index contributed by atoms with van der Waals surface area (Å²) in [7, 11) is 0. The molecule has 1 aromatic heterocycles. The smallest absolute Gasteiger partial charge is 0.225 e. The maximum absolute atomic E-state index is 12.3. The Hall–Kier alpha value is -2.62. The Morgan fingerprint density at radius 1 is 1.07 bits per heavy atom. The van der Waals surface area contributed by atoms with Gasteiger partial charge in [0.15, 0.2) is 5.82 Å². The molecule has 1 fully saturated rings. The van der Waals surface area contributed by atoms with Crippen molar-refractivity contribution in [1.29, 1.82) is 0 Å². The molecule has 0 aliphatic heterocycles. The minimum atomic E-state index is 0.0635. The lowest BCUT2D eigenvalue weighted by Crippen LogP contribution is -2.13. The summed E-state index contributed by atoms with van der Waals surface area (Å²) in [6, 6.07) is 12.7. The second kappa shape index (κ2) is 7.55. The van der Waals surface area contributed by atoms with Crippen molar-refractivity contribution in [2.24, 2.45) is 5.92 Å². The number of aromatic nitrogens is 2. The third-order valence-electron chi connectivity index (χ3n) is 5.92. The molecule has 0 radical (unpaired) electrons. The fraction of sp³-hybridized carbons (Fsp3) is 0.391. The van der Waals surface area contributed by atoms with Gasteiger partial charge in [-0.2, -0.15) is 5.10 Å². The van der Waals surface area contributed by atoms with Crippen LogP contribution in [0.5, 0.6) is 0 Å². The number of aryl methyl sites for hydroxylation is 2. The standard InChI is InChI=1S/C23H27N3O/c1-15-7-9-18(13-16(15)2)19-10-11-20-21(14-19)25-26-23(20)24-22(27)12-8-17-5-3-4-6-17/h7,9-11,13-14,17H,3-6,8,12H2,1-2H3,(H2,24,25,26,27). The highest BCUT2D eigenvalue weighted by molar-refractivity contribution is 6.00. The van der Waals surface area contributed by atoms with E-state index in [2.05, 4.69) is 59.7 Å². The second-order valence-corrected chi connectivity index (χ2v) is 7.87. The molecule has 0 spiro atoms. The van der Waals surface area contributed by atoms with Crippen LogP contribution in [0.3, 0.4) is 0 Å². The zero-order valence-electron chi connectivity index (χ0n) is 16.1. The van der Waals surface area contributed by atoms with Crippen LogP contribution < -0.4 is 5.32 Å². The van der Waals surface area contributed by atoms with E-state index in [1.165, 1.54) is 42.4 Å². The summed E-state index contributed by atoms with van der Waals surface area (Å²) in [5.41, 5.74) is 5.86. The van der Waals surface area contributed by atoms with Crippen LogP contribution in [0.1, 0.15) is 49.7 Å². The van der Waals surface area contributed by atoms with Gasteiger partial charge in [0.25, 0.3) is 0 Å². The first kappa shape index (κ1) is 17.8. The van der Waals surface area contributed by atoms with Crippen molar-refractivity contribution in [2.45, 2.75) is 52.4 Å². The fourth-order valence-electron chi connectivity index (χ4n) is 4.04. The van der Waals surface area contributed by atoms with Gasteiger partial charge in [0, 0.05) is 11.8 Å². The van der Waals surface area contributed by atoms with Crippen LogP contribution >= 0.6 is 0 Å². The van der Waals surface area contributed by atoms with Crippen LogP contribution in [0.15, 0.2) is 36.4 Å². The summed E-state index contributed by atoms with van der Waals surface area (Å²) in [6.45, 7) is 4.26. The average molecular weight is 361 g/mol. The molecule has 1 aliphatic carbocycles. The van der Waals surface area contributed by atoms with E-state index in [0.29, 0.717) is 12.2 Å². The van der Waals surface area contributed by atoms with E-state index in [4.69, 9.17) is 0 Å². The molecule has 0 bridgehead atoms. The number of fused-ring (bicyclic) bond motifs is 1.